The van der Waals surface area contributed by atoms with Crippen molar-refractivity contribution in [1.82, 2.24) is 4.57 Å². The van der Waals surface area contributed by atoms with Crippen molar-refractivity contribution >= 4 is 33.2 Å². The summed E-state index contributed by atoms with van der Waals surface area (Å²) in [6.45, 7) is 5.75. The van der Waals surface area contributed by atoms with Gasteiger partial charge in [0.1, 0.15) is 5.75 Å². The highest BCUT2D eigenvalue weighted by molar-refractivity contribution is 6.09. The van der Waals surface area contributed by atoms with Gasteiger partial charge in [-0.2, -0.15) is 0 Å². The molecule has 2 N–H and O–H groups in total. The summed E-state index contributed by atoms with van der Waals surface area (Å²) in [5, 5.41) is 16.7. The molecule has 32 heavy (non-hydrogen) atoms. The lowest BCUT2D eigenvalue weighted by molar-refractivity contribution is 0.477. The number of aromatic hydroxyl groups is 1. The van der Waals surface area contributed by atoms with Crippen LogP contribution in [0.2, 0.25) is 0 Å². The quantitative estimate of drug-likeness (QED) is 0.237. The molecule has 0 saturated carbocycles. The van der Waals surface area contributed by atoms with Crippen LogP contribution in [0.15, 0.2) is 91.0 Å². The maximum atomic E-state index is 10.9. The molecule has 5 rings (SSSR count). The first-order valence-corrected chi connectivity index (χ1v) is 11.0. The van der Waals surface area contributed by atoms with Gasteiger partial charge in [0.2, 0.25) is 0 Å². The van der Waals surface area contributed by atoms with E-state index in [1.54, 1.807) is 0 Å². The van der Waals surface area contributed by atoms with E-state index >= 15 is 0 Å². The zero-order valence-electron chi connectivity index (χ0n) is 18.4. The molecule has 0 bridgehead atoms. The summed E-state index contributed by atoms with van der Waals surface area (Å²) in [7, 11) is 0. The van der Waals surface area contributed by atoms with Gasteiger partial charge in [0.05, 0.1) is 29.1 Å². The summed E-state index contributed by atoms with van der Waals surface area (Å²) < 4.78 is 2.21. The zero-order chi connectivity index (χ0) is 22.1. The van der Waals surface area contributed by atoms with Gasteiger partial charge in [-0.3, -0.25) is 0 Å². The molecule has 4 aromatic carbocycles. The maximum absolute atomic E-state index is 10.9. The number of aromatic nitrogens is 1. The smallest absolute Gasteiger partial charge is 0.140 e. The Kier molecular flexibility index (Phi) is 5.20. The van der Waals surface area contributed by atoms with Gasteiger partial charge in [-0.25, -0.2) is 0 Å². The summed E-state index contributed by atoms with van der Waals surface area (Å²) >= 11 is 0. The number of hydrogen-bond acceptors (Lipinski definition) is 3. The van der Waals surface area contributed by atoms with Crippen LogP contribution in [0.4, 0.5) is 11.4 Å². The minimum atomic E-state index is 0.241. The summed E-state index contributed by atoms with van der Waals surface area (Å²) in [4.78, 5) is 2.26. The number of anilines is 2. The number of phenolic OH excluding ortho intramolecular Hbond substituents is 1. The predicted octanol–water partition coefficient (Wildman–Crippen LogP) is 6.69. The number of hydrogen-bond donors (Lipinski definition) is 2. The van der Waals surface area contributed by atoms with E-state index in [0.29, 0.717) is 6.67 Å². The summed E-state index contributed by atoms with van der Waals surface area (Å²) in [5.74, 6) is 0.241. The molecule has 0 fully saturated rings. The van der Waals surface area contributed by atoms with Crippen molar-refractivity contribution < 1.29 is 5.11 Å². The van der Waals surface area contributed by atoms with Crippen LogP contribution in [0.25, 0.3) is 27.5 Å². The van der Waals surface area contributed by atoms with Crippen LogP contribution in [0.1, 0.15) is 12.5 Å². The van der Waals surface area contributed by atoms with Gasteiger partial charge in [0.15, 0.2) is 0 Å². The Bertz CT molecular complexity index is 1350. The van der Waals surface area contributed by atoms with Crippen molar-refractivity contribution in [1.29, 1.82) is 0 Å². The minimum absolute atomic E-state index is 0.241. The highest BCUT2D eigenvalue weighted by atomic mass is 16.3. The van der Waals surface area contributed by atoms with Gasteiger partial charge >= 0.3 is 0 Å². The zero-order valence-corrected chi connectivity index (χ0v) is 18.4. The molecule has 5 aromatic rings. The Labute approximate surface area is 188 Å². The van der Waals surface area contributed by atoms with E-state index in [2.05, 4.69) is 107 Å². The van der Waals surface area contributed by atoms with Crippen molar-refractivity contribution in [3.8, 4) is 11.4 Å². The normalized spacial score (nSPS) is 11.2. The monoisotopic (exact) mass is 421 g/mol. The molecule has 0 unspecified atom stereocenters. The van der Waals surface area contributed by atoms with Crippen LogP contribution in [0.3, 0.4) is 0 Å². The fourth-order valence-corrected chi connectivity index (χ4v) is 4.48. The molecule has 4 heteroatoms. The number of nitrogens with one attached hydrogen (secondary N) is 1. The van der Waals surface area contributed by atoms with E-state index in [1.165, 1.54) is 22.0 Å². The molecule has 0 aliphatic heterocycles. The Morgan fingerprint density at radius 1 is 0.812 bits per heavy atom. The standard InChI is InChI=1S/C28H27N3O/c1-3-30(25-13-7-4-10-20(25)2)19-29-24-17-16-21(18-28(24)32)31-26-14-8-5-11-22(26)23-12-6-9-15-27(23)31/h4-18,29,32H,3,19H2,1-2H3. The van der Waals surface area contributed by atoms with Gasteiger partial charge in [-0.15, -0.1) is 0 Å². The molecule has 160 valence electrons. The molecule has 0 aliphatic rings. The molecule has 0 atom stereocenters. The van der Waals surface area contributed by atoms with E-state index < -0.39 is 0 Å². The maximum Gasteiger partial charge on any atom is 0.140 e. The highest BCUT2D eigenvalue weighted by Crippen LogP contribution is 2.34. The van der Waals surface area contributed by atoms with E-state index in [-0.39, 0.29) is 5.75 Å². The van der Waals surface area contributed by atoms with Crippen LogP contribution < -0.4 is 10.2 Å². The minimum Gasteiger partial charge on any atom is -0.506 e. The van der Waals surface area contributed by atoms with E-state index in [0.717, 1.165) is 29.0 Å². The molecule has 0 saturated heterocycles. The number of rotatable bonds is 6. The Morgan fingerprint density at radius 2 is 1.44 bits per heavy atom. The number of nitrogens with zero attached hydrogens (tertiary/aromatic N) is 2. The third-order valence-electron chi connectivity index (χ3n) is 6.12. The van der Waals surface area contributed by atoms with Crippen LogP contribution >= 0.6 is 0 Å². The van der Waals surface area contributed by atoms with Crippen molar-refractivity contribution in [2.75, 3.05) is 23.4 Å². The second-order valence-electron chi connectivity index (χ2n) is 8.05. The second-order valence-corrected chi connectivity index (χ2v) is 8.05. The molecule has 1 heterocycles. The topological polar surface area (TPSA) is 40.4 Å². The first-order valence-electron chi connectivity index (χ1n) is 11.0. The average molecular weight is 422 g/mol. The van der Waals surface area contributed by atoms with Gasteiger partial charge in [-0.1, -0.05) is 54.6 Å². The summed E-state index contributed by atoms with van der Waals surface area (Å²) in [6, 6.07) is 31.0. The Hall–Kier alpha value is -3.92. The van der Waals surface area contributed by atoms with E-state index in [9.17, 15) is 5.11 Å². The van der Waals surface area contributed by atoms with Crippen LogP contribution in [0.5, 0.6) is 5.75 Å². The molecule has 1 aromatic heterocycles. The largest absolute Gasteiger partial charge is 0.506 e. The molecule has 0 aliphatic carbocycles. The first-order chi connectivity index (χ1) is 15.7. The van der Waals surface area contributed by atoms with Gasteiger partial charge in [0.25, 0.3) is 0 Å². The lowest BCUT2D eigenvalue weighted by Crippen LogP contribution is -2.29. The predicted molar refractivity (Wildman–Crippen MR) is 135 cm³/mol. The van der Waals surface area contributed by atoms with Crippen molar-refractivity contribution in [3.05, 3.63) is 96.6 Å². The van der Waals surface area contributed by atoms with Crippen molar-refractivity contribution in [2.24, 2.45) is 0 Å². The summed E-state index contributed by atoms with van der Waals surface area (Å²) in [5.41, 5.74) is 6.36. The second kappa shape index (κ2) is 8.31. The molecule has 4 nitrogen and oxygen atoms in total. The van der Waals surface area contributed by atoms with Crippen LogP contribution in [-0.4, -0.2) is 22.9 Å². The highest BCUT2D eigenvalue weighted by Gasteiger charge is 2.13. The Balaban J connectivity index is 1.47. The van der Waals surface area contributed by atoms with E-state index in [4.69, 9.17) is 0 Å². The molecule has 0 amide bonds. The number of aryl methyl sites for hydroxylation is 1. The third-order valence-corrected chi connectivity index (χ3v) is 6.12. The van der Waals surface area contributed by atoms with Crippen LogP contribution in [0, 0.1) is 6.92 Å². The first kappa shape index (κ1) is 20.0. The van der Waals surface area contributed by atoms with Gasteiger partial charge < -0.3 is 19.9 Å². The SMILES string of the molecule is CCN(CNc1ccc(-n2c3ccccc3c3ccccc32)cc1O)c1ccccc1C. The number of phenols is 1. The van der Waals surface area contributed by atoms with Crippen molar-refractivity contribution in [3.63, 3.8) is 0 Å². The molecular formula is C28H27N3O. The average Bonchev–Trinajstić information content (AvgIpc) is 3.16. The fourth-order valence-electron chi connectivity index (χ4n) is 4.48. The third kappa shape index (κ3) is 3.44. The lowest BCUT2D eigenvalue weighted by Gasteiger charge is -2.26. The number of para-hydroxylation sites is 3. The van der Waals surface area contributed by atoms with Crippen LogP contribution in [-0.2, 0) is 0 Å². The molecule has 0 radical (unpaired) electrons. The number of benzene rings is 4. The Morgan fingerprint density at radius 3 is 2.06 bits per heavy atom. The van der Waals surface area contributed by atoms with E-state index in [1.807, 2.05) is 12.1 Å². The van der Waals surface area contributed by atoms with Gasteiger partial charge in [-0.05, 0) is 49.7 Å². The van der Waals surface area contributed by atoms with Crippen molar-refractivity contribution in [2.45, 2.75) is 13.8 Å². The summed E-state index contributed by atoms with van der Waals surface area (Å²) in [6.07, 6.45) is 0. The lowest BCUT2D eigenvalue weighted by atomic mass is 10.2. The molecule has 0 spiro atoms. The van der Waals surface area contributed by atoms with Gasteiger partial charge in [0, 0.05) is 29.1 Å². The molecular weight excluding hydrogens is 394 g/mol. The number of fused-ring (bicyclic) bond motifs is 3. The fraction of sp³-hybridized carbons (Fsp3) is 0.143.